The molecule has 3 nitrogen and oxygen atoms in total. The molecular formula is C15H17FN2O. The summed E-state index contributed by atoms with van der Waals surface area (Å²) >= 11 is 0. The van der Waals surface area contributed by atoms with Gasteiger partial charge in [-0.2, -0.15) is 5.10 Å². The highest BCUT2D eigenvalue weighted by Crippen LogP contribution is 2.32. The zero-order valence-electron chi connectivity index (χ0n) is 10.7. The van der Waals surface area contributed by atoms with Crippen molar-refractivity contribution < 1.29 is 9.50 Å². The van der Waals surface area contributed by atoms with Gasteiger partial charge in [0, 0.05) is 17.3 Å². The first kappa shape index (κ1) is 12.2. The number of phenolic OH excluding ortho intramolecular Hbond substituents is 1. The predicted molar refractivity (Wildman–Crippen MR) is 71.4 cm³/mol. The lowest BCUT2D eigenvalue weighted by atomic mass is 9.96. The number of hydrogen-bond donors (Lipinski definition) is 1. The second kappa shape index (κ2) is 5.03. The third-order valence-electron chi connectivity index (χ3n) is 3.82. The Morgan fingerprint density at radius 3 is 2.79 bits per heavy atom. The first-order chi connectivity index (χ1) is 9.24. The monoisotopic (exact) mass is 260 g/mol. The van der Waals surface area contributed by atoms with Crippen LogP contribution in [0.15, 0.2) is 30.6 Å². The van der Waals surface area contributed by atoms with E-state index in [4.69, 9.17) is 0 Å². The fourth-order valence-electron chi connectivity index (χ4n) is 2.76. The van der Waals surface area contributed by atoms with Gasteiger partial charge in [-0.1, -0.05) is 19.3 Å². The maximum absolute atomic E-state index is 13.3. The van der Waals surface area contributed by atoms with Crippen molar-refractivity contribution in [3.05, 3.63) is 36.4 Å². The molecule has 3 rings (SSSR count). The molecule has 100 valence electrons. The molecule has 0 atom stereocenters. The van der Waals surface area contributed by atoms with E-state index in [1.165, 1.54) is 37.5 Å². The molecule has 1 heterocycles. The van der Waals surface area contributed by atoms with Crippen molar-refractivity contribution in [3.8, 4) is 16.9 Å². The van der Waals surface area contributed by atoms with Crippen LogP contribution >= 0.6 is 0 Å². The summed E-state index contributed by atoms with van der Waals surface area (Å²) in [7, 11) is 0. The zero-order valence-corrected chi connectivity index (χ0v) is 10.7. The Labute approximate surface area is 111 Å². The number of aromatic nitrogens is 2. The largest absolute Gasteiger partial charge is 0.507 e. The van der Waals surface area contributed by atoms with Gasteiger partial charge in [0.05, 0.1) is 12.2 Å². The molecule has 1 N–H and O–H groups in total. The Kier molecular flexibility index (Phi) is 3.23. The van der Waals surface area contributed by atoms with E-state index in [9.17, 15) is 9.50 Å². The molecule has 1 aliphatic rings. The van der Waals surface area contributed by atoms with Crippen molar-refractivity contribution >= 4 is 0 Å². The van der Waals surface area contributed by atoms with E-state index < -0.39 is 0 Å². The van der Waals surface area contributed by atoms with Crippen molar-refractivity contribution in [1.82, 2.24) is 9.78 Å². The SMILES string of the molecule is Oc1ccc(F)cc1-c1cnn(C2CCCCC2)c1. The van der Waals surface area contributed by atoms with Crippen LogP contribution in [-0.4, -0.2) is 14.9 Å². The lowest BCUT2D eigenvalue weighted by Gasteiger charge is -2.21. The number of aromatic hydroxyl groups is 1. The highest BCUT2D eigenvalue weighted by molar-refractivity contribution is 5.68. The van der Waals surface area contributed by atoms with Crippen LogP contribution in [0.25, 0.3) is 11.1 Å². The molecule has 1 aromatic heterocycles. The molecule has 1 fully saturated rings. The summed E-state index contributed by atoms with van der Waals surface area (Å²) < 4.78 is 15.2. The lowest BCUT2D eigenvalue weighted by Crippen LogP contribution is -2.12. The number of phenols is 1. The van der Waals surface area contributed by atoms with Crippen molar-refractivity contribution in [1.29, 1.82) is 0 Å². The number of nitrogens with zero attached hydrogens (tertiary/aromatic N) is 2. The average molecular weight is 260 g/mol. The normalized spacial score (nSPS) is 16.7. The summed E-state index contributed by atoms with van der Waals surface area (Å²) in [6.45, 7) is 0. The molecule has 1 saturated carbocycles. The van der Waals surface area contributed by atoms with Crippen LogP contribution in [0.5, 0.6) is 5.75 Å². The van der Waals surface area contributed by atoms with Gasteiger partial charge in [-0.3, -0.25) is 4.68 Å². The van der Waals surface area contributed by atoms with Gasteiger partial charge in [0.15, 0.2) is 0 Å². The molecule has 4 heteroatoms. The van der Waals surface area contributed by atoms with Gasteiger partial charge in [0.1, 0.15) is 11.6 Å². The Balaban J connectivity index is 1.89. The Bertz CT molecular complexity index is 573. The summed E-state index contributed by atoms with van der Waals surface area (Å²) in [6.07, 6.45) is 9.69. The maximum Gasteiger partial charge on any atom is 0.124 e. The highest BCUT2D eigenvalue weighted by Gasteiger charge is 2.17. The molecule has 0 spiro atoms. The van der Waals surface area contributed by atoms with E-state index in [0.717, 1.165) is 18.4 Å². The number of hydrogen-bond acceptors (Lipinski definition) is 2. The Hall–Kier alpha value is -1.84. The van der Waals surface area contributed by atoms with E-state index in [0.29, 0.717) is 11.6 Å². The third-order valence-corrected chi connectivity index (χ3v) is 3.82. The quantitative estimate of drug-likeness (QED) is 0.889. The first-order valence-electron chi connectivity index (χ1n) is 6.77. The standard InChI is InChI=1S/C15H17FN2O/c16-12-6-7-15(19)14(8-12)11-9-17-18(10-11)13-4-2-1-3-5-13/h6-10,13,19H,1-5H2. The second-order valence-corrected chi connectivity index (χ2v) is 5.16. The van der Waals surface area contributed by atoms with Crippen LogP contribution in [0.2, 0.25) is 0 Å². The summed E-state index contributed by atoms with van der Waals surface area (Å²) in [5.41, 5.74) is 1.27. The fraction of sp³-hybridized carbons (Fsp3) is 0.400. The van der Waals surface area contributed by atoms with Crippen molar-refractivity contribution in [2.24, 2.45) is 0 Å². The van der Waals surface area contributed by atoms with Crippen LogP contribution in [-0.2, 0) is 0 Å². The molecule has 19 heavy (non-hydrogen) atoms. The smallest absolute Gasteiger partial charge is 0.124 e. The van der Waals surface area contributed by atoms with Gasteiger partial charge in [-0.15, -0.1) is 0 Å². The van der Waals surface area contributed by atoms with E-state index in [2.05, 4.69) is 5.10 Å². The number of benzene rings is 1. The average Bonchev–Trinajstić information content (AvgIpc) is 2.92. The minimum absolute atomic E-state index is 0.0876. The lowest BCUT2D eigenvalue weighted by molar-refractivity contribution is 0.329. The maximum atomic E-state index is 13.3. The minimum Gasteiger partial charge on any atom is -0.507 e. The van der Waals surface area contributed by atoms with Gasteiger partial charge >= 0.3 is 0 Å². The number of rotatable bonds is 2. The van der Waals surface area contributed by atoms with Gasteiger partial charge in [-0.05, 0) is 31.0 Å². The van der Waals surface area contributed by atoms with Gasteiger partial charge < -0.3 is 5.11 Å². The molecule has 0 saturated heterocycles. The molecule has 2 aromatic rings. The predicted octanol–water partition coefficient (Wildman–Crippen LogP) is 3.90. The summed E-state index contributed by atoms with van der Waals surface area (Å²) in [6, 6.07) is 4.42. The van der Waals surface area contributed by atoms with E-state index in [1.54, 1.807) is 6.20 Å². The first-order valence-corrected chi connectivity index (χ1v) is 6.77. The summed E-state index contributed by atoms with van der Waals surface area (Å²) in [4.78, 5) is 0. The van der Waals surface area contributed by atoms with Crippen molar-refractivity contribution in [2.75, 3.05) is 0 Å². The van der Waals surface area contributed by atoms with E-state index in [-0.39, 0.29) is 11.6 Å². The zero-order chi connectivity index (χ0) is 13.2. The van der Waals surface area contributed by atoms with Gasteiger partial charge in [0.2, 0.25) is 0 Å². The molecular weight excluding hydrogens is 243 g/mol. The van der Waals surface area contributed by atoms with Crippen LogP contribution in [0.1, 0.15) is 38.1 Å². The molecule has 0 aliphatic heterocycles. The molecule has 1 aliphatic carbocycles. The Morgan fingerprint density at radius 1 is 1.21 bits per heavy atom. The summed E-state index contributed by atoms with van der Waals surface area (Å²) in [5.74, 6) is -0.261. The van der Waals surface area contributed by atoms with Crippen molar-refractivity contribution in [3.63, 3.8) is 0 Å². The highest BCUT2D eigenvalue weighted by atomic mass is 19.1. The van der Waals surface area contributed by atoms with E-state index in [1.807, 2.05) is 10.9 Å². The summed E-state index contributed by atoms with van der Waals surface area (Å²) in [5, 5.41) is 14.2. The van der Waals surface area contributed by atoms with Crippen LogP contribution in [0, 0.1) is 5.82 Å². The van der Waals surface area contributed by atoms with E-state index >= 15 is 0 Å². The second-order valence-electron chi connectivity index (χ2n) is 5.16. The molecule has 0 unspecified atom stereocenters. The molecule has 1 aromatic carbocycles. The van der Waals surface area contributed by atoms with Crippen LogP contribution < -0.4 is 0 Å². The Morgan fingerprint density at radius 2 is 2.00 bits per heavy atom. The fourth-order valence-corrected chi connectivity index (χ4v) is 2.76. The molecule has 0 radical (unpaired) electrons. The van der Waals surface area contributed by atoms with Crippen molar-refractivity contribution in [2.45, 2.75) is 38.1 Å². The molecule has 0 bridgehead atoms. The van der Waals surface area contributed by atoms with Gasteiger partial charge in [-0.25, -0.2) is 4.39 Å². The molecule has 0 amide bonds. The van der Waals surface area contributed by atoms with Gasteiger partial charge in [0.25, 0.3) is 0 Å². The van der Waals surface area contributed by atoms with Crippen LogP contribution in [0.4, 0.5) is 4.39 Å². The van der Waals surface area contributed by atoms with Crippen LogP contribution in [0.3, 0.4) is 0 Å². The topological polar surface area (TPSA) is 38.1 Å². The third kappa shape index (κ3) is 2.48. The number of halogens is 1. The minimum atomic E-state index is -0.349.